The molecule has 0 unspecified atom stereocenters. The van der Waals surface area contributed by atoms with Crippen LogP contribution in [-0.4, -0.2) is 23.4 Å². The predicted octanol–water partition coefficient (Wildman–Crippen LogP) is 3.44. The van der Waals surface area contributed by atoms with Crippen molar-refractivity contribution in [1.82, 2.24) is 4.98 Å². The van der Waals surface area contributed by atoms with Crippen LogP contribution in [0.3, 0.4) is 0 Å². The largest absolute Gasteiger partial charge is 0.353 e. The fourth-order valence-corrected chi connectivity index (χ4v) is 3.67. The first-order valence-electron chi connectivity index (χ1n) is 7.49. The highest BCUT2D eigenvalue weighted by molar-refractivity contribution is 5.93. The zero-order valence-corrected chi connectivity index (χ0v) is 11.6. The summed E-state index contributed by atoms with van der Waals surface area (Å²) in [6, 6.07) is 4.61. The average Bonchev–Trinajstić information content (AvgIpc) is 2.47. The molecular formula is C16H22N2O. The van der Waals surface area contributed by atoms with Crippen molar-refractivity contribution in [2.24, 2.45) is 5.92 Å². The standard InChI is InChI=1S/C16H22N2O/c1-12(19)14-8-9-16(17-11-14)18-10-4-6-13-5-2-3-7-15(13)18/h8-9,11,13,15H,2-7,10H2,1H3/t13-,15-/m1/s1. The van der Waals surface area contributed by atoms with E-state index in [0.717, 1.165) is 18.3 Å². The minimum Gasteiger partial charge on any atom is -0.353 e. The zero-order chi connectivity index (χ0) is 13.2. The Labute approximate surface area is 115 Å². The first-order chi connectivity index (χ1) is 9.25. The van der Waals surface area contributed by atoms with Gasteiger partial charge in [0.1, 0.15) is 5.82 Å². The van der Waals surface area contributed by atoms with Gasteiger partial charge in [-0.15, -0.1) is 0 Å². The number of hydrogen-bond acceptors (Lipinski definition) is 3. The molecule has 19 heavy (non-hydrogen) atoms. The van der Waals surface area contributed by atoms with Crippen LogP contribution in [-0.2, 0) is 0 Å². The highest BCUT2D eigenvalue weighted by Crippen LogP contribution is 2.37. The summed E-state index contributed by atoms with van der Waals surface area (Å²) in [5.41, 5.74) is 0.709. The fraction of sp³-hybridized carbons (Fsp3) is 0.625. The quantitative estimate of drug-likeness (QED) is 0.762. The van der Waals surface area contributed by atoms with Crippen molar-refractivity contribution in [2.75, 3.05) is 11.4 Å². The lowest BCUT2D eigenvalue weighted by Crippen LogP contribution is -2.47. The van der Waals surface area contributed by atoms with Crippen LogP contribution in [0.1, 0.15) is 55.8 Å². The molecule has 0 aromatic carbocycles. The molecule has 0 spiro atoms. The number of carbonyl (C=O) groups excluding carboxylic acids is 1. The molecule has 0 bridgehead atoms. The van der Waals surface area contributed by atoms with E-state index in [2.05, 4.69) is 9.88 Å². The minimum atomic E-state index is 0.0910. The van der Waals surface area contributed by atoms with Gasteiger partial charge in [0.05, 0.1) is 0 Å². The van der Waals surface area contributed by atoms with Crippen LogP contribution in [0.4, 0.5) is 5.82 Å². The van der Waals surface area contributed by atoms with E-state index >= 15 is 0 Å². The topological polar surface area (TPSA) is 33.2 Å². The fourth-order valence-electron chi connectivity index (χ4n) is 3.67. The van der Waals surface area contributed by atoms with Crippen LogP contribution in [0.5, 0.6) is 0 Å². The molecule has 2 aliphatic rings. The summed E-state index contributed by atoms with van der Waals surface area (Å²) in [5.74, 6) is 2.01. The van der Waals surface area contributed by atoms with E-state index in [0.29, 0.717) is 11.6 Å². The maximum absolute atomic E-state index is 11.3. The van der Waals surface area contributed by atoms with Crippen molar-refractivity contribution in [3.05, 3.63) is 23.9 Å². The maximum Gasteiger partial charge on any atom is 0.161 e. The number of Topliss-reactive ketones (excluding diaryl/α,β-unsaturated/α-hetero) is 1. The maximum atomic E-state index is 11.3. The molecule has 0 radical (unpaired) electrons. The molecule has 3 nitrogen and oxygen atoms in total. The molecular weight excluding hydrogens is 236 g/mol. The first kappa shape index (κ1) is 12.6. The normalized spacial score (nSPS) is 26.9. The van der Waals surface area contributed by atoms with Gasteiger partial charge in [0.2, 0.25) is 0 Å². The Morgan fingerprint density at radius 2 is 2.00 bits per heavy atom. The lowest BCUT2D eigenvalue weighted by Gasteiger charge is -2.44. The van der Waals surface area contributed by atoms with Crippen LogP contribution in [0, 0.1) is 5.92 Å². The van der Waals surface area contributed by atoms with E-state index in [1.807, 2.05) is 12.1 Å². The van der Waals surface area contributed by atoms with Crippen molar-refractivity contribution in [3.63, 3.8) is 0 Å². The summed E-state index contributed by atoms with van der Waals surface area (Å²) < 4.78 is 0. The highest BCUT2D eigenvalue weighted by atomic mass is 16.1. The third kappa shape index (κ3) is 2.51. The van der Waals surface area contributed by atoms with Gasteiger partial charge < -0.3 is 4.90 Å². The molecule has 0 amide bonds. The zero-order valence-electron chi connectivity index (χ0n) is 11.6. The smallest absolute Gasteiger partial charge is 0.161 e. The summed E-state index contributed by atoms with van der Waals surface area (Å²) >= 11 is 0. The van der Waals surface area contributed by atoms with Crippen molar-refractivity contribution in [3.8, 4) is 0 Å². The number of pyridine rings is 1. The Morgan fingerprint density at radius 1 is 1.21 bits per heavy atom. The number of aromatic nitrogens is 1. The Kier molecular flexibility index (Phi) is 3.54. The third-order valence-corrected chi connectivity index (χ3v) is 4.69. The molecule has 102 valence electrons. The van der Waals surface area contributed by atoms with E-state index in [4.69, 9.17) is 0 Å². The molecule has 1 aromatic heterocycles. The summed E-state index contributed by atoms with van der Waals surface area (Å²) in [4.78, 5) is 18.3. The van der Waals surface area contributed by atoms with Gasteiger partial charge in [0.15, 0.2) is 5.78 Å². The molecule has 1 aliphatic heterocycles. The molecule has 2 fully saturated rings. The second kappa shape index (κ2) is 5.32. The molecule has 0 N–H and O–H groups in total. The number of piperidine rings is 1. The molecule has 1 saturated heterocycles. The van der Waals surface area contributed by atoms with Gasteiger partial charge in [-0.1, -0.05) is 12.8 Å². The average molecular weight is 258 g/mol. The molecule has 1 aliphatic carbocycles. The van der Waals surface area contributed by atoms with E-state index in [9.17, 15) is 4.79 Å². The van der Waals surface area contributed by atoms with Crippen LogP contribution in [0.2, 0.25) is 0 Å². The van der Waals surface area contributed by atoms with Gasteiger partial charge in [-0.25, -0.2) is 4.98 Å². The van der Waals surface area contributed by atoms with Crippen LogP contribution in [0.15, 0.2) is 18.3 Å². The van der Waals surface area contributed by atoms with Gasteiger partial charge in [-0.05, 0) is 50.7 Å². The number of ketones is 1. The molecule has 2 atom stereocenters. The number of hydrogen-bond donors (Lipinski definition) is 0. The summed E-state index contributed by atoms with van der Waals surface area (Å²) in [6.07, 6.45) is 9.82. The Hall–Kier alpha value is -1.38. The van der Waals surface area contributed by atoms with E-state index in [1.165, 1.54) is 38.5 Å². The third-order valence-electron chi connectivity index (χ3n) is 4.69. The Morgan fingerprint density at radius 3 is 2.74 bits per heavy atom. The number of anilines is 1. The number of nitrogens with zero attached hydrogens (tertiary/aromatic N) is 2. The van der Waals surface area contributed by atoms with Crippen molar-refractivity contribution >= 4 is 11.6 Å². The Balaban J connectivity index is 1.81. The van der Waals surface area contributed by atoms with Crippen molar-refractivity contribution in [1.29, 1.82) is 0 Å². The second-order valence-electron chi connectivity index (χ2n) is 5.91. The first-order valence-corrected chi connectivity index (χ1v) is 7.49. The lowest BCUT2D eigenvalue weighted by atomic mass is 9.78. The van der Waals surface area contributed by atoms with Gasteiger partial charge in [0.25, 0.3) is 0 Å². The highest BCUT2D eigenvalue weighted by Gasteiger charge is 2.33. The lowest BCUT2D eigenvalue weighted by molar-refractivity contribution is 0.101. The van der Waals surface area contributed by atoms with Crippen LogP contribution in [0.25, 0.3) is 0 Å². The molecule has 2 heterocycles. The van der Waals surface area contributed by atoms with Gasteiger partial charge >= 0.3 is 0 Å². The van der Waals surface area contributed by atoms with E-state index < -0.39 is 0 Å². The number of fused-ring (bicyclic) bond motifs is 1. The SMILES string of the molecule is CC(=O)c1ccc(N2CCC[C@H]3CCCC[C@H]32)nc1. The van der Waals surface area contributed by atoms with E-state index in [1.54, 1.807) is 13.1 Å². The van der Waals surface area contributed by atoms with Gasteiger partial charge in [0, 0.05) is 24.3 Å². The number of carbonyl (C=O) groups is 1. The van der Waals surface area contributed by atoms with Gasteiger partial charge in [-0.2, -0.15) is 0 Å². The van der Waals surface area contributed by atoms with Crippen LogP contribution < -0.4 is 4.90 Å². The van der Waals surface area contributed by atoms with E-state index in [-0.39, 0.29) is 5.78 Å². The number of rotatable bonds is 2. The second-order valence-corrected chi connectivity index (χ2v) is 5.91. The molecule has 3 heteroatoms. The van der Waals surface area contributed by atoms with Crippen molar-refractivity contribution in [2.45, 2.75) is 51.5 Å². The molecule has 1 saturated carbocycles. The molecule has 1 aromatic rings. The predicted molar refractivity (Wildman–Crippen MR) is 76.6 cm³/mol. The summed E-state index contributed by atoms with van der Waals surface area (Å²) in [6.45, 7) is 2.71. The van der Waals surface area contributed by atoms with Gasteiger partial charge in [-0.3, -0.25) is 4.79 Å². The summed E-state index contributed by atoms with van der Waals surface area (Å²) in [7, 11) is 0. The monoisotopic (exact) mass is 258 g/mol. The summed E-state index contributed by atoms with van der Waals surface area (Å²) in [5, 5.41) is 0. The van der Waals surface area contributed by atoms with Crippen LogP contribution >= 0.6 is 0 Å². The Bertz CT molecular complexity index is 452. The molecule has 3 rings (SSSR count). The minimum absolute atomic E-state index is 0.0910. The van der Waals surface area contributed by atoms with Crippen molar-refractivity contribution < 1.29 is 4.79 Å².